The molecule has 0 radical (unpaired) electrons. The Morgan fingerprint density at radius 2 is 0.938 bits per heavy atom. The number of esters is 4. The van der Waals surface area contributed by atoms with E-state index in [1.165, 1.54) is 0 Å². The van der Waals surface area contributed by atoms with Gasteiger partial charge in [-0.25, -0.2) is 19.2 Å². The van der Waals surface area contributed by atoms with Crippen LogP contribution in [-0.4, -0.2) is 37.1 Å². The SMILES string of the molecule is CC1CCCC(COC(=O)c2c(Cl)c(Cl)cc(Cl)c2OC(=O)C(=O)Oc2c(Cl)cc(Cl)c(Cl)c2C(=O)OCC2CCCC(C)C2C)C1C. The maximum atomic E-state index is 13.3. The monoisotopic (exact) mass is 782 g/mol. The summed E-state index contributed by atoms with van der Waals surface area (Å²) in [5.41, 5.74) is -0.898. The van der Waals surface area contributed by atoms with E-state index in [4.69, 9.17) is 88.6 Å². The van der Waals surface area contributed by atoms with E-state index in [0.29, 0.717) is 23.7 Å². The molecule has 0 saturated heterocycles. The maximum absolute atomic E-state index is 13.3. The minimum Gasteiger partial charge on any atom is -0.462 e. The maximum Gasteiger partial charge on any atom is 0.423 e. The molecule has 2 saturated carbocycles. The van der Waals surface area contributed by atoms with Gasteiger partial charge in [0, 0.05) is 0 Å². The minimum absolute atomic E-state index is 0.0909. The smallest absolute Gasteiger partial charge is 0.423 e. The zero-order valence-electron chi connectivity index (χ0n) is 26.8. The third-order valence-electron chi connectivity index (χ3n) is 9.83. The van der Waals surface area contributed by atoms with E-state index >= 15 is 0 Å². The molecular formula is C34H36Cl6O8. The van der Waals surface area contributed by atoms with Crippen LogP contribution in [0, 0.1) is 35.5 Å². The number of ether oxygens (including phenoxy) is 4. The zero-order chi connectivity index (χ0) is 35.4. The molecule has 0 heterocycles. The first-order chi connectivity index (χ1) is 22.6. The van der Waals surface area contributed by atoms with Gasteiger partial charge in [0.25, 0.3) is 0 Å². The molecule has 0 aliphatic heterocycles. The second kappa shape index (κ2) is 16.8. The second-order valence-electron chi connectivity index (χ2n) is 12.7. The van der Waals surface area contributed by atoms with Crippen LogP contribution in [0.3, 0.4) is 0 Å². The van der Waals surface area contributed by atoms with Crippen molar-refractivity contribution in [3.8, 4) is 11.5 Å². The highest BCUT2D eigenvalue weighted by molar-refractivity contribution is 6.47. The summed E-state index contributed by atoms with van der Waals surface area (Å²) in [4.78, 5) is 52.7. The van der Waals surface area contributed by atoms with Crippen molar-refractivity contribution in [1.82, 2.24) is 0 Å². The first-order valence-electron chi connectivity index (χ1n) is 15.7. The fourth-order valence-electron chi connectivity index (χ4n) is 6.36. The lowest BCUT2D eigenvalue weighted by atomic mass is 9.74. The summed E-state index contributed by atoms with van der Waals surface area (Å²) in [7, 11) is 0. The first-order valence-corrected chi connectivity index (χ1v) is 18.0. The van der Waals surface area contributed by atoms with Crippen molar-refractivity contribution in [2.24, 2.45) is 35.5 Å². The van der Waals surface area contributed by atoms with Gasteiger partial charge in [-0.1, -0.05) is 123 Å². The third-order valence-corrected chi connectivity index (χ3v) is 12.0. The van der Waals surface area contributed by atoms with Gasteiger partial charge < -0.3 is 18.9 Å². The average molecular weight is 785 g/mol. The topological polar surface area (TPSA) is 105 Å². The normalized spacial score (nSPS) is 24.0. The van der Waals surface area contributed by atoms with Crippen LogP contribution in [0.15, 0.2) is 12.1 Å². The van der Waals surface area contributed by atoms with Crippen LogP contribution in [0.1, 0.15) is 86.9 Å². The Bertz CT molecular complexity index is 1460. The molecule has 6 unspecified atom stereocenters. The summed E-state index contributed by atoms with van der Waals surface area (Å²) in [5.74, 6) is -4.55. The number of carbonyl (C=O) groups is 4. The number of carbonyl (C=O) groups excluding carboxylic acids is 4. The molecule has 48 heavy (non-hydrogen) atoms. The van der Waals surface area contributed by atoms with E-state index in [2.05, 4.69) is 27.7 Å². The van der Waals surface area contributed by atoms with Gasteiger partial charge in [-0.3, -0.25) is 0 Å². The molecule has 2 aromatic rings. The molecule has 0 spiro atoms. The van der Waals surface area contributed by atoms with Crippen LogP contribution in [0.2, 0.25) is 30.1 Å². The van der Waals surface area contributed by atoms with Gasteiger partial charge in [-0.05, 0) is 60.5 Å². The molecule has 0 amide bonds. The summed E-state index contributed by atoms with van der Waals surface area (Å²) in [5, 5.41) is -1.43. The number of halogens is 6. The van der Waals surface area contributed by atoms with E-state index < -0.39 is 46.5 Å². The van der Waals surface area contributed by atoms with Crippen LogP contribution >= 0.6 is 69.6 Å². The van der Waals surface area contributed by atoms with Gasteiger partial charge >= 0.3 is 23.9 Å². The Hall–Kier alpha value is -1.94. The van der Waals surface area contributed by atoms with Gasteiger partial charge in [-0.15, -0.1) is 0 Å². The van der Waals surface area contributed by atoms with Crippen molar-refractivity contribution in [2.75, 3.05) is 13.2 Å². The Morgan fingerprint density at radius 1 is 0.583 bits per heavy atom. The molecular weight excluding hydrogens is 749 g/mol. The molecule has 4 rings (SSSR count). The largest absolute Gasteiger partial charge is 0.462 e. The summed E-state index contributed by atoms with van der Waals surface area (Å²) >= 11 is 37.7. The third kappa shape index (κ3) is 8.85. The molecule has 2 aromatic carbocycles. The molecule has 0 aromatic heterocycles. The van der Waals surface area contributed by atoms with Crippen LogP contribution in [0.25, 0.3) is 0 Å². The predicted octanol–water partition coefficient (Wildman–Crippen LogP) is 10.6. The summed E-state index contributed by atoms with van der Waals surface area (Å²) in [6.07, 6.45) is 5.94. The highest BCUT2D eigenvalue weighted by Crippen LogP contribution is 2.43. The summed E-state index contributed by atoms with van der Waals surface area (Å²) < 4.78 is 21.6. The fourth-order valence-corrected chi connectivity index (χ4v) is 7.79. The van der Waals surface area contributed by atoms with E-state index in [-0.39, 0.29) is 55.2 Å². The molecule has 0 N–H and O–H groups in total. The van der Waals surface area contributed by atoms with Crippen LogP contribution < -0.4 is 9.47 Å². The van der Waals surface area contributed by atoms with E-state index in [1.807, 2.05) is 0 Å². The van der Waals surface area contributed by atoms with Crippen molar-refractivity contribution in [3.63, 3.8) is 0 Å². The molecule has 2 aliphatic carbocycles. The van der Waals surface area contributed by atoms with E-state index in [9.17, 15) is 19.2 Å². The first kappa shape index (κ1) is 38.9. The molecule has 8 nitrogen and oxygen atoms in total. The Morgan fingerprint density at radius 3 is 1.29 bits per heavy atom. The number of hydrogen-bond acceptors (Lipinski definition) is 8. The summed E-state index contributed by atoms with van der Waals surface area (Å²) in [6.45, 7) is 8.69. The molecule has 6 atom stereocenters. The van der Waals surface area contributed by atoms with Gasteiger partial charge in [0.05, 0.1) is 43.3 Å². The van der Waals surface area contributed by atoms with Crippen LogP contribution in [-0.2, 0) is 19.1 Å². The second-order valence-corrected chi connectivity index (χ2v) is 15.1. The molecule has 14 heteroatoms. The lowest BCUT2D eigenvalue weighted by Gasteiger charge is -2.33. The van der Waals surface area contributed by atoms with Crippen molar-refractivity contribution in [3.05, 3.63) is 53.4 Å². The van der Waals surface area contributed by atoms with Gasteiger partial charge in [0.15, 0.2) is 11.5 Å². The Balaban J connectivity index is 1.53. The standard InChI is InChI=1S/C34H36Cl6O8/c1-15-7-5-9-19(17(15)3)13-45-31(41)25-27(39)21(35)11-23(37)29(25)47-33(43)34(44)48-30-24(38)12-22(36)28(40)26(30)32(42)46-14-20-10-6-8-16(2)18(20)4/h11-12,15-20H,5-10,13-14H2,1-4H3. The Kier molecular flexibility index (Phi) is 13.6. The van der Waals surface area contributed by atoms with Crippen molar-refractivity contribution >= 4 is 93.5 Å². The quantitative estimate of drug-likeness (QED) is 0.113. The van der Waals surface area contributed by atoms with Gasteiger partial charge in [0.1, 0.15) is 11.1 Å². The van der Waals surface area contributed by atoms with E-state index in [1.54, 1.807) is 0 Å². The van der Waals surface area contributed by atoms with E-state index in [0.717, 1.165) is 50.7 Å². The van der Waals surface area contributed by atoms with Crippen molar-refractivity contribution in [1.29, 1.82) is 0 Å². The predicted molar refractivity (Wildman–Crippen MR) is 186 cm³/mol. The molecule has 262 valence electrons. The van der Waals surface area contributed by atoms with Gasteiger partial charge in [-0.2, -0.15) is 0 Å². The number of benzene rings is 2. The number of hydrogen-bond donors (Lipinski definition) is 0. The minimum atomic E-state index is -1.63. The highest BCUT2D eigenvalue weighted by atomic mass is 35.5. The average Bonchev–Trinajstić information content (AvgIpc) is 3.03. The van der Waals surface area contributed by atoms with Crippen molar-refractivity contribution < 1.29 is 38.1 Å². The highest BCUT2D eigenvalue weighted by Gasteiger charge is 2.34. The number of rotatable bonds is 8. The lowest BCUT2D eigenvalue weighted by Crippen LogP contribution is -2.30. The van der Waals surface area contributed by atoms with Crippen LogP contribution in [0.4, 0.5) is 0 Å². The fraction of sp³-hybridized carbons (Fsp3) is 0.529. The molecule has 0 bridgehead atoms. The Labute approximate surface area is 309 Å². The zero-order valence-corrected chi connectivity index (χ0v) is 31.3. The lowest BCUT2D eigenvalue weighted by molar-refractivity contribution is -0.156. The summed E-state index contributed by atoms with van der Waals surface area (Å²) in [6, 6.07) is 2.28. The molecule has 2 aliphatic rings. The molecule has 2 fully saturated rings. The van der Waals surface area contributed by atoms with Crippen LogP contribution in [0.5, 0.6) is 11.5 Å². The van der Waals surface area contributed by atoms with Gasteiger partial charge in [0.2, 0.25) is 0 Å². The van der Waals surface area contributed by atoms with Crippen molar-refractivity contribution in [2.45, 2.75) is 66.2 Å².